The van der Waals surface area contributed by atoms with Gasteiger partial charge in [-0.25, -0.2) is 4.98 Å². The van der Waals surface area contributed by atoms with Crippen LogP contribution in [0.15, 0.2) is 12.3 Å². The topological polar surface area (TPSA) is 42.4 Å². The fraction of sp³-hybridized carbons (Fsp3) is 0.444. The predicted octanol–water partition coefficient (Wildman–Crippen LogP) is 2.23. The average molecular weight is 200 g/mol. The maximum absolute atomic E-state index is 9.02. The maximum Gasteiger partial charge on any atom is 0.232 e. The van der Waals surface area contributed by atoms with E-state index in [0.29, 0.717) is 23.4 Å². The summed E-state index contributed by atoms with van der Waals surface area (Å²) in [5.41, 5.74) is 0. The third kappa shape index (κ3) is 2.25. The molecule has 1 saturated carbocycles. The van der Waals surface area contributed by atoms with Crippen molar-refractivity contribution < 1.29 is 9.84 Å². The number of aromatic nitrogens is 1. The van der Waals surface area contributed by atoms with Crippen molar-refractivity contribution in [2.24, 2.45) is 5.92 Å². The van der Waals surface area contributed by atoms with Crippen LogP contribution in [0, 0.1) is 5.92 Å². The lowest BCUT2D eigenvalue weighted by atomic mass is 10.4. The fourth-order valence-electron chi connectivity index (χ4n) is 1.00. The van der Waals surface area contributed by atoms with Gasteiger partial charge < -0.3 is 9.84 Å². The zero-order valence-corrected chi connectivity index (χ0v) is 7.79. The van der Waals surface area contributed by atoms with Crippen molar-refractivity contribution in [2.75, 3.05) is 6.61 Å². The van der Waals surface area contributed by atoms with Gasteiger partial charge >= 0.3 is 0 Å². The summed E-state index contributed by atoms with van der Waals surface area (Å²) in [6.07, 6.45) is 3.79. The van der Waals surface area contributed by atoms with Crippen LogP contribution in [0.3, 0.4) is 0 Å². The van der Waals surface area contributed by atoms with Gasteiger partial charge in [-0.3, -0.25) is 0 Å². The van der Waals surface area contributed by atoms with Crippen LogP contribution < -0.4 is 4.74 Å². The lowest BCUT2D eigenvalue weighted by Gasteiger charge is -2.05. The number of rotatable bonds is 3. The summed E-state index contributed by atoms with van der Waals surface area (Å²) in [6, 6.07) is 1.43. The molecule has 2 rings (SSSR count). The lowest BCUT2D eigenvalue weighted by molar-refractivity contribution is 0.288. The molecule has 0 bridgehead atoms. The highest BCUT2D eigenvalue weighted by atomic mass is 35.5. The number of nitrogens with zero attached hydrogens (tertiary/aromatic N) is 1. The zero-order valence-electron chi connectivity index (χ0n) is 7.03. The Morgan fingerprint density at radius 2 is 2.38 bits per heavy atom. The minimum absolute atomic E-state index is 0.0590. The molecule has 0 radical (unpaired) electrons. The second kappa shape index (κ2) is 3.42. The Labute approximate surface area is 81.3 Å². The monoisotopic (exact) mass is 199 g/mol. The second-order valence-corrected chi connectivity index (χ2v) is 3.64. The van der Waals surface area contributed by atoms with Gasteiger partial charge in [0.2, 0.25) is 5.88 Å². The van der Waals surface area contributed by atoms with Gasteiger partial charge in [-0.2, -0.15) is 0 Å². The van der Waals surface area contributed by atoms with Crippen LogP contribution in [0.2, 0.25) is 5.02 Å². The van der Waals surface area contributed by atoms with Gasteiger partial charge in [-0.15, -0.1) is 0 Å². The number of ether oxygens (including phenoxy) is 1. The van der Waals surface area contributed by atoms with Crippen molar-refractivity contribution in [2.45, 2.75) is 12.8 Å². The molecule has 1 aromatic rings. The third-order valence-corrected chi connectivity index (χ3v) is 2.22. The Hall–Kier alpha value is -0.960. The number of halogens is 1. The molecule has 1 aliphatic rings. The molecule has 1 aromatic heterocycles. The van der Waals surface area contributed by atoms with E-state index in [1.807, 2.05) is 0 Å². The zero-order chi connectivity index (χ0) is 9.26. The Morgan fingerprint density at radius 1 is 1.62 bits per heavy atom. The Balaban J connectivity index is 2.01. The molecule has 0 spiro atoms. The third-order valence-electron chi connectivity index (χ3n) is 1.95. The normalized spacial score (nSPS) is 15.8. The summed E-state index contributed by atoms with van der Waals surface area (Å²) in [7, 11) is 0. The Morgan fingerprint density at radius 3 is 3.00 bits per heavy atom. The van der Waals surface area contributed by atoms with Crippen molar-refractivity contribution in [1.29, 1.82) is 0 Å². The molecule has 1 heterocycles. The molecule has 0 amide bonds. The number of hydrogen-bond donors (Lipinski definition) is 1. The lowest BCUT2D eigenvalue weighted by Crippen LogP contribution is -2.00. The molecule has 0 saturated heterocycles. The van der Waals surface area contributed by atoms with Gasteiger partial charge in [0.25, 0.3) is 0 Å². The molecule has 4 heteroatoms. The molecular formula is C9H10ClNO2. The highest BCUT2D eigenvalue weighted by Gasteiger charge is 2.22. The molecule has 0 unspecified atom stereocenters. The summed E-state index contributed by atoms with van der Waals surface area (Å²) in [4.78, 5) is 3.87. The molecule has 3 nitrogen and oxygen atoms in total. The first-order valence-corrected chi connectivity index (χ1v) is 4.61. The number of aromatic hydroxyl groups is 1. The van der Waals surface area contributed by atoms with E-state index in [9.17, 15) is 0 Å². The van der Waals surface area contributed by atoms with Gasteiger partial charge in [0.1, 0.15) is 10.8 Å². The fourth-order valence-corrected chi connectivity index (χ4v) is 1.22. The van der Waals surface area contributed by atoms with Crippen LogP contribution in [-0.2, 0) is 0 Å². The summed E-state index contributed by atoms with van der Waals surface area (Å²) < 4.78 is 5.36. The highest BCUT2D eigenvalue weighted by Crippen LogP contribution is 2.31. The predicted molar refractivity (Wildman–Crippen MR) is 49.1 cm³/mol. The van der Waals surface area contributed by atoms with Gasteiger partial charge in [-0.05, 0) is 18.8 Å². The summed E-state index contributed by atoms with van der Waals surface area (Å²) in [5.74, 6) is 1.14. The minimum atomic E-state index is 0.0590. The van der Waals surface area contributed by atoms with E-state index in [4.69, 9.17) is 21.4 Å². The van der Waals surface area contributed by atoms with E-state index in [0.717, 1.165) is 0 Å². The van der Waals surface area contributed by atoms with Crippen LogP contribution in [-0.4, -0.2) is 16.7 Å². The molecular weight excluding hydrogens is 190 g/mol. The number of hydrogen-bond acceptors (Lipinski definition) is 3. The van der Waals surface area contributed by atoms with Crippen LogP contribution >= 0.6 is 11.6 Å². The molecule has 13 heavy (non-hydrogen) atoms. The molecule has 0 aliphatic heterocycles. The van der Waals surface area contributed by atoms with E-state index in [2.05, 4.69) is 4.98 Å². The van der Waals surface area contributed by atoms with E-state index in [1.54, 1.807) is 0 Å². The minimum Gasteiger partial charge on any atom is -0.506 e. The first-order chi connectivity index (χ1) is 6.25. The smallest absolute Gasteiger partial charge is 0.232 e. The van der Waals surface area contributed by atoms with Crippen molar-refractivity contribution in [3.05, 3.63) is 17.3 Å². The van der Waals surface area contributed by atoms with E-state index >= 15 is 0 Å². The number of pyridine rings is 1. The quantitative estimate of drug-likeness (QED) is 0.812. The largest absolute Gasteiger partial charge is 0.506 e. The van der Waals surface area contributed by atoms with E-state index in [1.165, 1.54) is 25.1 Å². The van der Waals surface area contributed by atoms with Crippen LogP contribution in [0.4, 0.5) is 0 Å². The van der Waals surface area contributed by atoms with Crippen LogP contribution in [0.5, 0.6) is 11.6 Å². The Bertz CT molecular complexity index is 312. The summed E-state index contributed by atoms with van der Waals surface area (Å²) >= 11 is 5.79. The SMILES string of the molecule is Oc1cnc(OCC2CC2)c(Cl)c1. The first kappa shape index (κ1) is 8.63. The van der Waals surface area contributed by atoms with Gasteiger partial charge in [0.15, 0.2) is 0 Å². The van der Waals surface area contributed by atoms with Crippen molar-refractivity contribution in [1.82, 2.24) is 4.98 Å². The first-order valence-electron chi connectivity index (χ1n) is 4.23. The Kier molecular flexibility index (Phi) is 2.27. The van der Waals surface area contributed by atoms with E-state index < -0.39 is 0 Å². The van der Waals surface area contributed by atoms with Crippen molar-refractivity contribution >= 4 is 11.6 Å². The standard InChI is InChI=1S/C9H10ClNO2/c10-8-3-7(12)4-11-9(8)13-5-6-1-2-6/h3-4,6,12H,1-2,5H2. The molecule has 70 valence electrons. The average Bonchev–Trinajstić information content (AvgIpc) is 2.86. The van der Waals surface area contributed by atoms with Crippen molar-refractivity contribution in [3.8, 4) is 11.6 Å². The summed E-state index contributed by atoms with van der Waals surface area (Å²) in [5, 5.41) is 9.39. The van der Waals surface area contributed by atoms with Gasteiger partial charge in [0, 0.05) is 6.07 Å². The van der Waals surface area contributed by atoms with Crippen molar-refractivity contribution in [3.63, 3.8) is 0 Å². The van der Waals surface area contributed by atoms with Crippen LogP contribution in [0.1, 0.15) is 12.8 Å². The molecule has 0 atom stereocenters. The van der Waals surface area contributed by atoms with Crippen LogP contribution in [0.25, 0.3) is 0 Å². The summed E-state index contributed by atoms with van der Waals surface area (Å²) in [6.45, 7) is 0.678. The van der Waals surface area contributed by atoms with Gasteiger partial charge in [-0.1, -0.05) is 11.6 Å². The molecule has 1 fully saturated rings. The van der Waals surface area contributed by atoms with Gasteiger partial charge in [0.05, 0.1) is 12.8 Å². The second-order valence-electron chi connectivity index (χ2n) is 3.23. The molecule has 1 aliphatic carbocycles. The van der Waals surface area contributed by atoms with E-state index in [-0.39, 0.29) is 5.75 Å². The molecule has 0 aromatic carbocycles. The maximum atomic E-state index is 9.02. The molecule has 1 N–H and O–H groups in total. The highest BCUT2D eigenvalue weighted by molar-refractivity contribution is 6.31.